The molecule has 3 aromatic heterocycles. The van der Waals surface area contributed by atoms with E-state index in [9.17, 15) is 4.79 Å². The molecule has 0 fully saturated rings. The van der Waals surface area contributed by atoms with Crippen molar-refractivity contribution in [2.24, 2.45) is 0 Å². The summed E-state index contributed by atoms with van der Waals surface area (Å²) in [4.78, 5) is 18.3. The Morgan fingerprint density at radius 1 is 0.971 bits per heavy atom. The fraction of sp³-hybridized carbons (Fsp3) is 0.148. The molecule has 3 heterocycles. The molecule has 6 nitrogen and oxygen atoms in total. The third-order valence-electron chi connectivity index (χ3n) is 5.86. The highest BCUT2D eigenvalue weighted by molar-refractivity contribution is 6.30. The van der Waals surface area contributed by atoms with E-state index in [4.69, 9.17) is 26.4 Å². The Bertz CT molecular complexity index is 1570. The number of aryl methyl sites for hydroxylation is 3. The molecule has 7 heteroatoms. The van der Waals surface area contributed by atoms with E-state index < -0.39 is 0 Å². The van der Waals surface area contributed by atoms with Crippen LogP contribution < -0.4 is 10.3 Å². The fourth-order valence-electron chi connectivity index (χ4n) is 4.02. The van der Waals surface area contributed by atoms with Crippen LogP contribution in [0.3, 0.4) is 0 Å². The van der Waals surface area contributed by atoms with Crippen LogP contribution in [0.15, 0.2) is 77.7 Å². The molecule has 0 atom stereocenters. The lowest BCUT2D eigenvalue weighted by Crippen LogP contribution is -2.19. The van der Waals surface area contributed by atoms with Gasteiger partial charge in [0.25, 0.3) is 5.56 Å². The van der Waals surface area contributed by atoms with Crippen molar-refractivity contribution in [3.8, 4) is 22.7 Å². The van der Waals surface area contributed by atoms with E-state index >= 15 is 0 Å². The van der Waals surface area contributed by atoms with E-state index in [0.717, 1.165) is 22.5 Å². The zero-order valence-corrected chi connectivity index (χ0v) is 19.9. The van der Waals surface area contributed by atoms with Crippen LogP contribution in [0.5, 0.6) is 5.75 Å². The number of halogens is 1. The fourth-order valence-corrected chi connectivity index (χ4v) is 4.14. The topological polar surface area (TPSA) is 61.4 Å². The van der Waals surface area contributed by atoms with Gasteiger partial charge in [0.2, 0.25) is 0 Å². The molecule has 0 radical (unpaired) electrons. The highest BCUT2D eigenvalue weighted by atomic mass is 35.5. The third kappa shape index (κ3) is 3.97. The number of rotatable bonds is 5. The maximum Gasteiger partial charge on any atom is 0.267 e. The van der Waals surface area contributed by atoms with Gasteiger partial charge in [0.05, 0.1) is 16.9 Å². The molecule has 0 aliphatic carbocycles. The van der Waals surface area contributed by atoms with Gasteiger partial charge >= 0.3 is 0 Å². The van der Waals surface area contributed by atoms with Crippen molar-refractivity contribution in [2.45, 2.75) is 27.4 Å². The standard InChI is InChI=1S/C27H23ClN4O2/c1-17-7-4-5-8-20(17)16-34-24-9-6-14-31-26(24)29-19(3)25(27(31)33)23-15-18(2)32(30-23)22-12-10-21(28)11-13-22/h4-15H,16H2,1-3H3. The molecular formula is C27H23ClN4O2. The summed E-state index contributed by atoms with van der Waals surface area (Å²) in [5.41, 5.74) is 5.93. The monoisotopic (exact) mass is 470 g/mol. The summed E-state index contributed by atoms with van der Waals surface area (Å²) in [7, 11) is 0. The number of pyridine rings is 1. The van der Waals surface area contributed by atoms with Gasteiger partial charge in [0.1, 0.15) is 12.3 Å². The average molecular weight is 471 g/mol. The van der Waals surface area contributed by atoms with Crippen molar-refractivity contribution >= 4 is 17.2 Å². The van der Waals surface area contributed by atoms with E-state index in [2.05, 4.69) is 0 Å². The molecule has 0 N–H and O–H groups in total. The van der Waals surface area contributed by atoms with Crippen LogP contribution in [0.25, 0.3) is 22.6 Å². The first-order valence-electron chi connectivity index (χ1n) is 10.9. The quantitative estimate of drug-likeness (QED) is 0.330. The number of nitrogens with zero attached hydrogens (tertiary/aromatic N) is 4. The molecule has 0 amide bonds. The van der Waals surface area contributed by atoms with Gasteiger partial charge in [-0.3, -0.25) is 9.20 Å². The maximum atomic E-state index is 13.5. The van der Waals surface area contributed by atoms with Crippen LogP contribution in [-0.2, 0) is 6.61 Å². The predicted octanol–water partition coefficient (Wildman–Crippen LogP) is 5.70. The Labute approximate surface area is 202 Å². The third-order valence-corrected chi connectivity index (χ3v) is 6.11. The van der Waals surface area contributed by atoms with Gasteiger partial charge in [-0.2, -0.15) is 5.10 Å². The van der Waals surface area contributed by atoms with Gasteiger partial charge in [0, 0.05) is 16.9 Å². The first-order valence-corrected chi connectivity index (χ1v) is 11.3. The maximum absolute atomic E-state index is 13.5. The number of ether oxygens (including phenoxy) is 1. The van der Waals surface area contributed by atoms with Gasteiger partial charge in [-0.25, -0.2) is 9.67 Å². The molecule has 0 saturated heterocycles. The molecule has 0 aliphatic heterocycles. The largest absolute Gasteiger partial charge is 0.485 e. The molecule has 0 aliphatic rings. The minimum Gasteiger partial charge on any atom is -0.485 e. The lowest BCUT2D eigenvalue weighted by atomic mass is 10.1. The summed E-state index contributed by atoms with van der Waals surface area (Å²) in [5.74, 6) is 0.556. The molecule has 0 saturated carbocycles. The molecular weight excluding hydrogens is 448 g/mol. The van der Waals surface area contributed by atoms with Gasteiger partial charge in [0.15, 0.2) is 11.4 Å². The molecule has 0 bridgehead atoms. The van der Waals surface area contributed by atoms with Crippen LogP contribution in [0, 0.1) is 20.8 Å². The van der Waals surface area contributed by atoms with Crippen molar-refractivity contribution in [3.63, 3.8) is 0 Å². The normalized spacial score (nSPS) is 11.2. The lowest BCUT2D eigenvalue weighted by molar-refractivity contribution is 0.307. The minimum absolute atomic E-state index is 0.190. The molecule has 5 rings (SSSR count). The van der Waals surface area contributed by atoms with Gasteiger partial charge in [-0.15, -0.1) is 0 Å². The Kier molecular flexibility index (Phi) is 5.67. The number of hydrogen-bond acceptors (Lipinski definition) is 4. The van der Waals surface area contributed by atoms with Gasteiger partial charge in [-0.1, -0.05) is 35.9 Å². The van der Waals surface area contributed by atoms with Gasteiger partial charge in [-0.05, 0) is 74.4 Å². The van der Waals surface area contributed by atoms with Crippen LogP contribution >= 0.6 is 11.6 Å². The number of benzene rings is 2. The summed E-state index contributed by atoms with van der Waals surface area (Å²) < 4.78 is 9.39. The smallest absolute Gasteiger partial charge is 0.267 e. The summed E-state index contributed by atoms with van der Waals surface area (Å²) in [5, 5.41) is 5.36. The highest BCUT2D eigenvalue weighted by Gasteiger charge is 2.18. The van der Waals surface area contributed by atoms with Gasteiger partial charge < -0.3 is 4.74 Å². The second-order valence-electron chi connectivity index (χ2n) is 8.22. The molecule has 34 heavy (non-hydrogen) atoms. The number of fused-ring (bicyclic) bond motifs is 1. The second kappa shape index (κ2) is 8.80. The van der Waals surface area contributed by atoms with E-state index in [1.807, 2.05) is 81.4 Å². The van der Waals surface area contributed by atoms with Crippen molar-refractivity contribution in [1.29, 1.82) is 0 Å². The average Bonchev–Trinajstić information content (AvgIpc) is 3.20. The number of hydrogen-bond donors (Lipinski definition) is 0. The van der Waals surface area contributed by atoms with Crippen LogP contribution in [0.2, 0.25) is 5.02 Å². The van der Waals surface area contributed by atoms with Crippen molar-refractivity contribution in [2.75, 3.05) is 0 Å². The molecule has 0 unspecified atom stereocenters. The Morgan fingerprint density at radius 2 is 1.74 bits per heavy atom. The highest BCUT2D eigenvalue weighted by Crippen LogP contribution is 2.25. The van der Waals surface area contributed by atoms with Crippen molar-refractivity contribution in [1.82, 2.24) is 19.2 Å². The summed E-state index contributed by atoms with van der Waals surface area (Å²) >= 11 is 6.02. The minimum atomic E-state index is -0.190. The summed E-state index contributed by atoms with van der Waals surface area (Å²) in [6.07, 6.45) is 1.71. The molecule has 5 aromatic rings. The van der Waals surface area contributed by atoms with Crippen LogP contribution in [-0.4, -0.2) is 19.2 Å². The number of aromatic nitrogens is 4. The zero-order valence-electron chi connectivity index (χ0n) is 19.1. The summed E-state index contributed by atoms with van der Waals surface area (Å²) in [6.45, 7) is 6.22. The Hall–Kier alpha value is -3.90. The van der Waals surface area contributed by atoms with Crippen LogP contribution in [0.4, 0.5) is 0 Å². The predicted molar refractivity (Wildman–Crippen MR) is 134 cm³/mol. The molecule has 0 spiro atoms. The van der Waals surface area contributed by atoms with Crippen LogP contribution in [0.1, 0.15) is 22.5 Å². The Morgan fingerprint density at radius 3 is 2.50 bits per heavy atom. The van der Waals surface area contributed by atoms with E-state index in [-0.39, 0.29) is 5.56 Å². The van der Waals surface area contributed by atoms with Crippen molar-refractivity contribution in [3.05, 3.63) is 111 Å². The Balaban J connectivity index is 1.55. The van der Waals surface area contributed by atoms with Crippen molar-refractivity contribution < 1.29 is 4.74 Å². The lowest BCUT2D eigenvalue weighted by Gasteiger charge is -2.12. The summed E-state index contributed by atoms with van der Waals surface area (Å²) in [6, 6.07) is 21.0. The zero-order chi connectivity index (χ0) is 23.8. The first-order chi connectivity index (χ1) is 16.4. The van der Waals surface area contributed by atoms with E-state index in [1.54, 1.807) is 16.9 Å². The molecule has 2 aromatic carbocycles. The second-order valence-corrected chi connectivity index (χ2v) is 8.65. The van der Waals surface area contributed by atoms with E-state index in [1.165, 1.54) is 4.40 Å². The molecule has 170 valence electrons. The SMILES string of the molecule is Cc1ccccc1COc1cccn2c(=O)c(-c3cc(C)n(-c4ccc(Cl)cc4)n3)c(C)nc12. The first kappa shape index (κ1) is 21.9. The van der Waals surface area contributed by atoms with E-state index in [0.29, 0.717) is 40.0 Å².